The quantitative estimate of drug-likeness (QED) is 0.358. The molecule has 8 heteroatoms. The molecule has 36 heavy (non-hydrogen) atoms. The van der Waals surface area contributed by atoms with Crippen LogP contribution in [0.5, 0.6) is 0 Å². The molecule has 4 rings (SSSR count). The zero-order valence-corrected chi connectivity index (χ0v) is 22.3. The Morgan fingerprint density at radius 3 is 2.36 bits per heavy atom. The van der Waals surface area contributed by atoms with Gasteiger partial charge in [-0.05, 0) is 72.6 Å². The number of halogens is 1. The van der Waals surface area contributed by atoms with Crippen molar-refractivity contribution in [3.8, 4) is 0 Å². The SMILES string of the molecule is COC(=O)c1ccccc1NC(=O)c1c(NC(=O)c2ccc(Cl)cc2)sc2c1CCC(C(C)(C)C)C2. The number of fused-ring (bicyclic) bond motifs is 1. The van der Waals surface area contributed by atoms with E-state index in [1.54, 1.807) is 48.5 Å². The normalized spacial score (nSPS) is 15.1. The van der Waals surface area contributed by atoms with E-state index in [1.165, 1.54) is 18.4 Å². The van der Waals surface area contributed by atoms with Gasteiger partial charge in [0.05, 0.1) is 23.9 Å². The van der Waals surface area contributed by atoms with Gasteiger partial charge in [-0.25, -0.2) is 4.79 Å². The summed E-state index contributed by atoms with van der Waals surface area (Å²) in [4.78, 5) is 40.0. The molecule has 0 radical (unpaired) electrons. The van der Waals surface area contributed by atoms with Crippen LogP contribution in [0, 0.1) is 11.3 Å². The number of rotatable bonds is 5. The van der Waals surface area contributed by atoms with Crippen molar-refractivity contribution in [1.82, 2.24) is 0 Å². The number of amides is 2. The maximum atomic E-state index is 13.6. The lowest BCUT2D eigenvalue weighted by molar-refractivity contribution is 0.0601. The molecule has 0 aliphatic heterocycles. The van der Waals surface area contributed by atoms with Gasteiger partial charge in [0.25, 0.3) is 11.8 Å². The minimum absolute atomic E-state index is 0.135. The highest BCUT2D eigenvalue weighted by Gasteiger charge is 2.34. The number of hydrogen-bond donors (Lipinski definition) is 2. The second-order valence-electron chi connectivity index (χ2n) is 9.97. The van der Waals surface area contributed by atoms with Crippen molar-refractivity contribution in [2.24, 2.45) is 11.3 Å². The Morgan fingerprint density at radius 1 is 1.00 bits per heavy atom. The fourth-order valence-corrected chi connectivity index (χ4v) is 5.94. The van der Waals surface area contributed by atoms with E-state index < -0.39 is 5.97 Å². The van der Waals surface area contributed by atoms with Crippen LogP contribution in [0.3, 0.4) is 0 Å². The summed E-state index contributed by atoms with van der Waals surface area (Å²) >= 11 is 7.42. The molecule has 0 bridgehead atoms. The van der Waals surface area contributed by atoms with Gasteiger partial charge in [-0.15, -0.1) is 11.3 Å². The average Bonchev–Trinajstić information content (AvgIpc) is 3.20. The predicted octanol–water partition coefficient (Wildman–Crippen LogP) is 6.84. The zero-order valence-electron chi connectivity index (χ0n) is 20.7. The molecule has 1 heterocycles. The Hall–Kier alpha value is -3.16. The van der Waals surface area contributed by atoms with Gasteiger partial charge in [-0.3, -0.25) is 9.59 Å². The molecular formula is C28H29ClN2O4S. The van der Waals surface area contributed by atoms with Crippen molar-refractivity contribution in [2.45, 2.75) is 40.0 Å². The van der Waals surface area contributed by atoms with Crippen LogP contribution in [0.2, 0.25) is 5.02 Å². The monoisotopic (exact) mass is 524 g/mol. The first-order valence-corrected chi connectivity index (χ1v) is 13.0. The van der Waals surface area contributed by atoms with Crippen molar-refractivity contribution in [2.75, 3.05) is 17.7 Å². The number of para-hydroxylation sites is 1. The second kappa shape index (κ2) is 10.4. The van der Waals surface area contributed by atoms with Gasteiger partial charge in [-0.1, -0.05) is 44.5 Å². The van der Waals surface area contributed by atoms with Crippen molar-refractivity contribution in [1.29, 1.82) is 0 Å². The summed E-state index contributed by atoms with van der Waals surface area (Å²) in [7, 11) is 1.30. The Labute approximate surface area is 220 Å². The summed E-state index contributed by atoms with van der Waals surface area (Å²) in [5.74, 6) is -0.756. The standard InChI is InChI=1S/C28H29ClN2O4S/c1-28(2,3)17-11-14-20-22(15-17)36-26(31-24(32)16-9-12-18(29)13-10-16)23(20)25(33)30-21-8-6-5-7-19(21)27(34)35-4/h5-10,12-13,17H,11,14-15H2,1-4H3,(H,30,33)(H,31,32). The van der Waals surface area contributed by atoms with E-state index in [-0.39, 0.29) is 22.8 Å². The molecule has 0 saturated carbocycles. The lowest BCUT2D eigenvalue weighted by Gasteiger charge is -2.33. The molecule has 188 valence electrons. The molecule has 0 spiro atoms. The summed E-state index contributed by atoms with van der Waals surface area (Å²) < 4.78 is 4.86. The van der Waals surface area contributed by atoms with Crippen LogP contribution in [0.15, 0.2) is 48.5 Å². The lowest BCUT2D eigenvalue weighted by atomic mass is 9.72. The van der Waals surface area contributed by atoms with Crippen LogP contribution < -0.4 is 10.6 Å². The highest BCUT2D eigenvalue weighted by atomic mass is 35.5. The molecule has 2 N–H and O–H groups in total. The third kappa shape index (κ3) is 5.47. The number of methoxy groups -OCH3 is 1. The van der Waals surface area contributed by atoms with E-state index >= 15 is 0 Å². The molecule has 1 atom stereocenters. The van der Waals surface area contributed by atoms with Crippen LogP contribution in [-0.4, -0.2) is 24.9 Å². The van der Waals surface area contributed by atoms with Gasteiger partial charge >= 0.3 is 5.97 Å². The topological polar surface area (TPSA) is 84.5 Å². The second-order valence-corrected chi connectivity index (χ2v) is 11.5. The van der Waals surface area contributed by atoms with E-state index in [9.17, 15) is 14.4 Å². The fourth-order valence-electron chi connectivity index (χ4n) is 4.49. The number of hydrogen-bond acceptors (Lipinski definition) is 5. The van der Waals surface area contributed by atoms with Crippen molar-refractivity contribution in [3.05, 3.63) is 80.7 Å². The Morgan fingerprint density at radius 2 is 1.69 bits per heavy atom. The maximum absolute atomic E-state index is 13.6. The molecule has 2 amide bonds. The smallest absolute Gasteiger partial charge is 0.339 e. The van der Waals surface area contributed by atoms with Crippen LogP contribution >= 0.6 is 22.9 Å². The number of benzene rings is 2. The third-order valence-corrected chi connectivity index (χ3v) is 8.05. The number of nitrogens with one attached hydrogen (secondary N) is 2. The lowest BCUT2D eigenvalue weighted by Crippen LogP contribution is -2.27. The van der Waals surface area contributed by atoms with Crippen LogP contribution in [0.1, 0.15) is 68.7 Å². The zero-order chi connectivity index (χ0) is 26.0. The van der Waals surface area contributed by atoms with Crippen molar-refractivity contribution < 1.29 is 19.1 Å². The van der Waals surface area contributed by atoms with Gasteiger partial charge < -0.3 is 15.4 Å². The molecule has 0 fully saturated rings. The van der Waals surface area contributed by atoms with E-state index in [0.717, 1.165) is 29.7 Å². The number of carbonyl (C=O) groups excluding carboxylic acids is 3. The van der Waals surface area contributed by atoms with Gasteiger partial charge in [0, 0.05) is 15.5 Å². The molecule has 1 unspecified atom stereocenters. The average molecular weight is 525 g/mol. The fraction of sp³-hybridized carbons (Fsp3) is 0.321. The summed E-state index contributed by atoms with van der Waals surface area (Å²) in [6.45, 7) is 6.70. The third-order valence-electron chi connectivity index (χ3n) is 6.63. The molecule has 6 nitrogen and oxygen atoms in total. The largest absolute Gasteiger partial charge is 0.465 e. The molecule has 1 aliphatic rings. The summed E-state index contributed by atoms with van der Waals surface area (Å²) in [6, 6.07) is 13.3. The predicted molar refractivity (Wildman–Crippen MR) is 144 cm³/mol. The first-order chi connectivity index (χ1) is 17.1. The van der Waals surface area contributed by atoms with Crippen LogP contribution in [0.4, 0.5) is 10.7 Å². The Balaban J connectivity index is 1.71. The molecule has 1 aliphatic carbocycles. The van der Waals surface area contributed by atoms with Crippen LogP contribution in [0.25, 0.3) is 0 Å². The minimum Gasteiger partial charge on any atom is -0.465 e. The van der Waals surface area contributed by atoms with E-state index in [1.807, 2.05) is 0 Å². The van der Waals surface area contributed by atoms with E-state index in [4.69, 9.17) is 16.3 Å². The highest BCUT2D eigenvalue weighted by molar-refractivity contribution is 7.17. The van der Waals surface area contributed by atoms with Gasteiger partial charge in [0.15, 0.2) is 0 Å². The molecule has 0 saturated heterocycles. The first kappa shape index (κ1) is 25.9. The number of thiophene rings is 1. The van der Waals surface area contributed by atoms with Crippen molar-refractivity contribution >= 4 is 51.4 Å². The number of esters is 1. The molecular weight excluding hydrogens is 496 g/mol. The minimum atomic E-state index is -0.539. The molecule has 2 aromatic carbocycles. The van der Waals surface area contributed by atoms with Gasteiger partial charge in [-0.2, -0.15) is 0 Å². The summed E-state index contributed by atoms with van der Waals surface area (Å²) in [5, 5.41) is 6.88. The highest BCUT2D eigenvalue weighted by Crippen LogP contribution is 2.44. The number of carbonyl (C=O) groups is 3. The van der Waals surface area contributed by atoms with Gasteiger partial charge in [0.1, 0.15) is 5.00 Å². The Kier molecular flexibility index (Phi) is 7.52. The van der Waals surface area contributed by atoms with E-state index in [2.05, 4.69) is 31.4 Å². The number of ether oxygens (including phenoxy) is 1. The molecule has 1 aromatic heterocycles. The van der Waals surface area contributed by atoms with Gasteiger partial charge in [0.2, 0.25) is 0 Å². The van der Waals surface area contributed by atoms with E-state index in [0.29, 0.717) is 32.8 Å². The maximum Gasteiger partial charge on any atom is 0.339 e. The molecule has 3 aromatic rings. The summed E-state index contributed by atoms with van der Waals surface area (Å²) in [5.41, 5.74) is 2.60. The van der Waals surface area contributed by atoms with Crippen molar-refractivity contribution in [3.63, 3.8) is 0 Å². The number of anilines is 2. The Bertz CT molecular complexity index is 1310. The van der Waals surface area contributed by atoms with Crippen LogP contribution in [-0.2, 0) is 17.6 Å². The first-order valence-electron chi connectivity index (χ1n) is 11.8. The summed E-state index contributed by atoms with van der Waals surface area (Å²) in [6.07, 6.45) is 2.54.